The second-order valence-electron chi connectivity index (χ2n) is 6.11. The molecule has 0 bridgehead atoms. The molecule has 2 rings (SSSR count). The van der Waals surface area contributed by atoms with Crippen LogP contribution in [0, 0.1) is 6.92 Å². The van der Waals surface area contributed by atoms with Crippen molar-refractivity contribution < 1.29 is 9.53 Å². The van der Waals surface area contributed by atoms with Crippen LogP contribution in [0.2, 0.25) is 0 Å². The van der Waals surface area contributed by atoms with Gasteiger partial charge in [-0.2, -0.15) is 0 Å². The fraction of sp³-hybridized carbons (Fsp3) is 0.438. The molecule has 118 valence electrons. The predicted molar refractivity (Wildman–Crippen MR) is 87.9 cm³/mol. The van der Waals surface area contributed by atoms with Gasteiger partial charge >= 0.3 is 6.09 Å². The quantitative estimate of drug-likeness (QED) is 0.925. The highest BCUT2D eigenvalue weighted by molar-refractivity contribution is 7.13. The zero-order valence-corrected chi connectivity index (χ0v) is 14.3. The van der Waals surface area contributed by atoms with Crippen LogP contribution in [0.1, 0.15) is 45.0 Å². The number of hydrogen-bond acceptors (Lipinski definition) is 5. The van der Waals surface area contributed by atoms with Crippen LogP contribution in [0.3, 0.4) is 0 Å². The van der Waals surface area contributed by atoms with Crippen LogP contribution in [-0.2, 0) is 4.74 Å². The van der Waals surface area contributed by atoms with Crippen LogP contribution < -0.4 is 5.32 Å². The van der Waals surface area contributed by atoms with E-state index < -0.39 is 11.7 Å². The van der Waals surface area contributed by atoms with Crippen molar-refractivity contribution in [2.75, 3.05) is 0 Å². The van der Waals surface area contributed by atoms with Gasteiger partial charge in [0.25, 0.3) is 0 Å². The lowest BCUT2D eigenvalue weighted by Crippen LogP contribution is -2.34. The van der Waals surface area contributed by atoms with Crippen LogP contribution in [0.4, 0.5) is 4.79 Å². The summed E-state index contributed by atoms with van der Waals surface area (Å²) in [6.45, 7) is 9.38. The van der Waals surface area contributed by atoms with Gasteiger partial charge in [-0.3, -0.25) is 4.98 Å². The highest BCUT2D eigenvalue weighted by Gasteiger charge is 2.18. The lowest BCUT2D eigenvalue weighted by molar-refractivity contribution is 0.0508. The number of alkyl carbamates (subject to hydrolysis) is 1. The summed E-state index contributed by atoms with van der Waals surface area (Å²) in [5, 5.41) is 2.81. The van der Waals surface area contributed by atoms with Crippen molar-refractivity contribution in [2.45, 2.75) is 46.3 Å². The van der Waals surface area contributed by atoms with Crippen molar-refractivity contribution in [3.63, 3.8) is 0 Å². The van der Waals surface area contributed by atoms with Gasteiger partial charge in [-0.25, -0.2) is 9.78 Å². The number of carbonyl (C=O) groups excluding carboxylic acids is 1. The summed E-state index contributed by atoms with van der Waals surface area (Å²) in [7, 11) is 0. The maximum absolute atomic E-state index is 11.8. The second kappa shape index (κ2) is 6.44. The summed E-state index contributed by atoms with van der Waals surface area (Å²) in [5.74, 6) is 0. The minimum atomic E-state index is -0.504. The Morgan fingerprint density at radius 3 is 2.55 bits per heavy atom. The number of nitrogens with one attached hydrogen (secondary N) is 1. The first-order chi connectivity index (χ1) is 10.3. The molecule has 0 radical (unpaired) electrons. The average molecular weight is 319 g/mol. The van der Waals surface area contributed by atoms with Gasteiger partial charge in [0.1, 0.15) is 5.60 Å². The molecular formula is C16H21N3O2S. The van der Waals surface area contributed by atoms with Gasteiger partial charge < -0.3 is 10.1 Å². The Balaban J connectivity index is 2.04. The lowest BCUT2D eigenvalue weighted by Gasteiger charge is -2.22. The van der Waals surface area contributed by atoms with Crippen molar-refractivity contribution in [3.05, 3.63) is 35.1 Å². The first-order valence-electron chi connectivity index (χ1n) is 7.12. The molecule has 6 heteroatoms. The molecule has 0 fully saturated rings. The molecular weight excluding hydrogens is 298 g/mol. The van der Waals surface area contributed by atoms with E-state index in [0.29, 0.717) is 0 Å². The number of nitrogens with zero attached hydrogens (tertiary/aromatic N) is 2. The number of amides is 1. The monoisotopic (exact) mass is 319 g/mol. The summed E-state index contributed by atoms with van der Waals surface area (Å²) in [5.41, 5.74) is 4.11. The van der Waals surface area contributed by atoms with E-state index in [-0.39, 0.29) is 6.04 Å². The number of pyridine rings is 1. The van der Waals surface area contributed by atoms with Gasteiger partial charge in [-0.1, -0.05) is 6.07 Å². The van der Waals surface area contributed by atoms with Gasteiger partial charge in [0.2, 0.25) is 0 Å². The summed E-state index contributed by atoms with van der Waals surface area (Å²) in [6, 6.07) is 3.74. The first-order valence-corrected chi connectivity index (χ1v) is 8.00. The van der Waals surface area contributed by atoms with E-state index in [2.05, 4.69) is 15.3 Å². The Bertz CT molecular complexity index is 644. The van der Waals surface area contributed by atoms with E-state index in [1.807, 2.05) is 52.3 Å². The van der Waals surface area contributed by atoms with E-state index in [1.54, 1.807) is 17.5 Å². The van der Waals surface area contributed by atoms with Gasteiger partial charge in [0.05, 0.1) is 27.8 Å². The Labute approximate surface area is 134 Å². The number of carbonyl (C=O) groups is 1. The summed E-state index contributed by atoms with van der Waals surface area (Å²) < 4.78 is 5.25. The highest BCUT2D eigenvalue weighted by atomic mass is 32.1. The molecule has 0 saturated carbocycles. The SMILES string of the molecule is Cc1ncsc1-c1ccc(C(C)NC(=O)OC(C)(C)C)cn1. The molecule has 1 N–H and O–H groups in total. The van der Waals surface area contributed by atoms with E-state index in [9.17, 15) is 4.79 Å². The topological polar surface area (TPSA) is 64.1 Å². The van der Waals surface area contributed by atoms with Crippen molar-refractivity contribution in [3.8, 4) is 10.6 Å². The van der Waals surface area contributed by atoms with Crippen LogP contribution >= 0.6 is 11.3 Å². The fourth-order valence-electron chi connectivity index (χ4n) is 1.91. The van der Waals surface area contributed by atoms with Crippen LogP contribution in [0.25, 0.3) is 10.6 Å². The first kappa shape index (κ1) is 16.4. The molecule has 2 aromatic rings. The molecule has 2 aromatic heterocycles. The number of hydrogen-bond donors (Lipinski definition) is 1. The third-order valence-corrected chi connectivity index (χ3v) is 3.95. The predicted octanol–water partition coefficient (Wildman–Crippen LogP) is 4.10. The van der Waals surface area contributed by atoms with Gasteiger partial charge in [0.15, 0.2) is 0 Å². The third-order valence-electron chi connectivity index (χ3n) is 3.00. The molecule has 22 heavy (non-hydrogen) atoms. The molecule has 0 saturated heterocycles. The fourth-order valence-corrected chi connectivity index (χ4v) is 2.69. The smallest absolute Gasteiger partial charge is 0.408 e. The molecule has 0 aromatic carbocycles. The molecule has 5 nitrogen and oxygen atoms in total. The van der Waals surface area contributed by atoms with Crippen LogP contribution in [0.15, 0.2) is 23.8 Å². The maximum atomic E-state index is 11.8. The molecule has 0 aliphatic carbocycles. The average Bonchev–Trinajstić information content (AvgIpc) is 2.83. The second-order valence-corrected chi connectivity index (χ2v) is 6.97. The Hall–Kier alpha value is -1.95. The molecule has 0 aliphatic heterocycles. The molecule has 0 spiro atoms. The van der Waals surface area contributed by atoms with E-state index in [4.69, 9.17) is 4.74 Å². The Kier molecular flexibility index (Phi) is 4.81. The summed E-state index contributed by atoms with van der Waals surface area (Å²) in [6.07, 6.45) is 1.35. The summed E-state index contributed by atoms with van der Waals surface area (Å²) >= 11 is 1.57. The Morgan fingerprint density at radius 2 is 2.05 bits per heavy atom. The Morgan fingerprint density at radius 1 is 1.32 bits per heavy atom. The number of thiazole rings is 1. The number of aryl methyl sites for hydroxylation is 1. The molecule has 1 atom stereocenters. The van der Waals surface area contributed by atoms with Gasteiger partial charge in [-0.15, -0.1) is 11.3 Å². The lowest BCUT2D eigenvalue weighted by atomic mass is 10.1. The minimum absolute atomic E-state index is 0.168. The largest absolute Gasteiger partial charge is 0.444 e. The highest BCUT2D eigenvalue weighted by Crippen LogP contribution is 2.26. The molecule has 1 unspecified atom stereocenters. The third kappa shape index (κ3) is 4.27. The molecule has 0 aliphatic rings. The van der Waals surface area contributed by atoms with Crippen molar-refractivity contribution in [1.29, 1.82) is 0 Å². The number of ether oxygens (including phenoxy) is 1. The number of rotatable bonds is 3. The van der Waals surface area contributed by atoms with Crippen LogP contribution in [0.5, 0.6) is 0 Å². The molecule has 1 amide bonds. The van der Waals surface area contributed by atoms with Crippen LogP contribution in [-0.4, -0.2) is 21.7 Å². The van der Waals surface area contributed by atoms with Crippen molar-refractivity contribution in [2.24, 2.45) is 0 Å². The molecule has 2 heterocycles. The normalized spacial score (nSPS) is 12.8. The van der Waals surface area contributed by atoms with Gasteiger partial charge in [-0.05, 0) is 46.2 Å². The zero-order chi connectivity index (χ0) is 16.3. The standard InChI is InChI=1S/C16H21N3O2S/c1-10(19-15(20)21-16(3,4)5)12-6-7-13(17-8-12)14-11(2)18-9-22-14/h6-10H,1-5H3,(H,19,20). The van der Waals surface area contributed by atoms with E-state index >= 15 is 0 Å². The van der Waals surface area contributed by atoms with E-state index in [0.717, 1.165) is 21.8 Å². The number of aromatic nitrogens is 2. The maximum Gasteiger partial charge on any atom is 0.408 e. The van der Waals surface area contributed by atoms with Crippen molar-refractivity contribution >= 4 is 17.4 Å². The minimum Gasteiger partial charge on any atom is -0.444 e. The van der Waals surface area contributed by atoms with E-state index in [1.165, 1.54) is 0 Å². The van der Waals surface area contributed by atoms with Gasteiger partial charge in [0, 0.05) is 6.20 Å². The summed E-state index contributed by atoms with van der Waals surface area (Å²) in [4.78, 5) is 21.5. The zero-order valence-electron chi connectivity index (χ0n) is 13.5. The van der Waals surface area contributed by atoms with Crippen molar-refractivity contribution in [1.82, 2.24) is 15.3 Å².